The van der Waals surface area contributed by atoms with E-state index in [-0.39, 0.29) is 12.7 Å². The predicted molar refractivity (Wildman–Crippen MR) is 128 cm³/mol. The molecule has 0 spiro atoms. The van der Waals surface area contributed by atoms with Crippen LogP contribution in [-0.2, 0) is 4.79 Å². The summed E-state index contributed by atoms with van der Waals surface area (Å²) < 4.78 is 17.4. The monoisotopic (exact) mass is 472 g/mol. The van der Waals surface area contributed by atoms with E-state index >= 15 is 0 Å². The van der Waals surface area contributed by atoms with Gasteiger partial charge in [0.15, 0.2) is 18.1 Å². The second-order valence-electron chi connectivity index (χ2n) is 7.18. The number of hydrogen-bond donors (Lipinski definition) is 1. The lowest BCUT2D eigenvalue weighted by Crippen LogP contribution is -2.13. The molecule has 1 atom stereocenters. The zero-order valence-corrected chi connectivity index (χ0v) is 19.5. The number of carboxylic acids is 1. The highest BCUT2D eigenvalue weighted by Gasteiger charge is 2.12. The molecule has 5 nitrogen and oxygen atoms in total. The Morgan fingerprint density at radius 1 is 1.03 bits per heavy atom. The number of thioether (sulfide) groups is 1. The van der Waals surface area contributed by atoms with Crippen molar-refractivity contribution in [2.45, 2.75) is 31.3 Å². The summed E-state index contributed by atoms with van der Waals surface area (Å²) >= 11 is 7.86. The predicted octanol–water partition coefficient (Wildman–Crippen LogP) is 6.85. The highest BCUT2D eigenvalue weighted by atomic mass is 35.5. The first-order valence-electron chi connectivity index (χ1n) is 10.2. The van der Waals surface area contributed by atoms with Crippen molar-refractivity contribution < 1.29 is 24.1 Å². The van der Waals surface area contributed by atoms with Gasteiger partial charge in [0.05, 0.1) is 6.10 Å². The lowest BCUT2D eigenvalue weighted by atomic mass is 10.2. The van der Waals surface area contributed by atoms with Crippen molar-refractivity contribution in [2.24, 2.45) is 0 Å². The summed E-state index contributed by atoms with van der Waals surface area (Å²) in [7, 11) is 0. The van der Waals surface area contributed by atoms with Crippen LogP contribution in [0.3, 0.4) is 0 Å². The number of aliphatic carboxylic acids is 1. The van der Waals surface area contributed by atoms with Crippen molar-refractivity contribution in [1.29, 1.82) is 0 Å². The lowest BCUT2D eigenvalue weighted by molar-refractivity contribution is -0.139. The van der Waals surface area contributed by atoms with Crippen LogP contribution in [0.2, 0.25) is 5.02 Å². The summed E-state index contributed by atoms with van der Waals surface area (Å²) in [5.41, 5.74) is 0.907. The van der Waals surface area contributed by atoms with Gasteiger partial charge < -0.3 is 19.3 Å². The molecule has 0 amide bonds. The van der Waals surface area contributed by atoms with E-state index in [1.54, 1.807) is 30.0 Å². The first-order chi connectivity index (χ1) is 15.4. The molecule has 0 unspecified atom stereocenters. The Hall–Kier alpha value is -2.83. The topological polar surface area (TPSA) is 65.0 Å². The van der Waals surface area contributed by atoms with Crippen molar-refractivity contribution in [3.05, 3.63) is 77.3 Å². The molecule has 0 radical (unpaired) electrons. The number of halogens is 1. The maximum absolute atomic E-state index is 10.7. The molecule has 0 aromatic heterocycles. The maximum atomic E-state index is 10.7. The van der Waals surface area contributed by atoms with Gasteiger partial charge in [0, 0.05) is 21.7 Å². The molecule has 0 fully saturated rings. The molecule has 7 heteroatoms. The van der Waals surface area contributed by atoms with Gasteiger partial charge in [0.25, 0.3) is 0 Å². The minimum absolute atomic E-state index is 0.0268. The summed E-state index contributed by atoms with van der Waals surface area (Å²) in [5.74, 6) is 2.39. The second kappa shape index (κ2) is 11.7. The molecule has 3 rings (SSSR count). The first kappa shape index (κ1) is 23.8. The van der Waals surface area contributed by atoms with Crippen LogP contribution < -0.4 is 14.2 Å². The largest absolute Gasteiger partial charge is 0.487 e. The van der Waals surface area contributed by atoms with E-state index in [2.05, 4.69) is 0 Å². The van der Waals surface area contributed by atoms with Crippen LogP contribution in [0, 0.1) is 6.92 Å². The summed E-state index contributed by atoms with van der Waals surface area (Å²) in [6.07, 6.45) is 0.801. The number of carbonyl (C=O) groups is 1. The standard InChI is InChI=1S/C25H25ClO5S/c1-17-14-21(9-11-22(17)29-16-25(27)28)32-13-12-18(2)30-23-10-8-19(26)15-24(23)31-20-6-4-3-5-7-20/h3-11,14-15,18H,12-13,16H2,1-2H3,(H,27,28)/t18-/m1/s1. The minimum Gasteiger partial charge on any atom is -0.487 e. The van der Waals surface area contributed by atoms with E-state index in [4.69, 9.17) is 30.9 Å². The smallest absolute Gasteiger partial charge is 0.341 e. The van der Waals surface area contributed by atoms with Crippen molar-refractivity contribution >= 4 is 29.3 Å². The molecule has 0 heterocycles. The molecular weight excluding hydrogens is 448 g/mol. The molecule has 0 aliphatic heterocycles. The number of carboxylic acid groups (broad SMARTS) is 1. The molecule has 0 aliphatic rings. The number of aryl methyl sites for hydroxylation is 1. The molecule has 3 aromatic carbocycles. The van der Waals surface area contributed by atoms with E-state index in [1.807, 2.05) is 62.4 Å². The highest BCUT2D eigenvalue weighted by molar-refractivity contribution is 7.99. The average Bonchev–Trinajstić information content (AvgIpc) is 2.76. The number of rotatable bonds is 11. The third-order valence-electron chi connectivity index (χ3n) is 4.50. The first-order valence-corrected chi connectivity index (χ1v) is 11.5. The Morgan fingerprint density at radius 2 is 1.78 bits per heavy atom. The van der Waals surface area contributed by atoms with E-state index in [0.717, 1.165) is 22.6 Å². The second-order valence-corrected chi connectivity index (χ2v) is 8.79. The van der Waals surface area contributed by atoms with Crippen molar-refractivity contribution in [3.8, 4) is 23.0 Å². The number of ether oxygens (including phenoxy) is 3. The van der Waals surface area contributed by atoms with Crippen molar-refractivity contribution in [3.63, 3.8) is 0 Å². The molecule has 3 aromatic rings. The zero-order chi connectivity index (χ0) is 22.9. The van der Waals surface area contributed by atoms with Gasteiger partial charge in [-0.15, -0.1) is 11.8 Å². The van der Waals surface area contributed by atoms with Crippen molar-refractivity contribution in [1.82, 2.24) is 0 Å². The van der Waals surface area contributed by atoms with Gasteiger partial charge in [0.2, 0.25) is 0 Å². The fraction of sp³-hybridized carbons (Fsp3) is 0.240. The molecule has 0 bridgehead atoms. The van der Waals surface area contributed by atoms with Crippen LogP contribution >= 0.6 is 23.4 Å². The normalized spacial score (nSPS) is 11.6. The van der Waals surface area contributed by atoms with Crippen molar-refractivity contribution in [2.75, 3.05) is 12.4 Å². The van der Waals surface area contributed by atoms with Gasteiger partial charge in [0.1, 0.15) is 11.5 Å². The maximum Gasteiger partial charge on any atom is 0.341 e. The molecule has 32 heavy (non-hydrogen) atoms. The third kappa shape index (κ3) is 7.39. The summed E-state index contributed by atoms with van der Waals surface area (Å²) in [4.78, 5) is 11.8. The molecule has 1 N–H and O–H groups in total. The molecule has 0 saturated carbocycles. The van der Waals surface area contributed by atoms with E-state index in [9.17, 15) is 4.79 Å². The van der Waals surface area contributed by atoms with Gasteiger partial charge in [-0.25, -0.2) is 4.79 Å². The van der Waals surface area contributed by atoms with Gasteiger partial charge >= 0.3 is 5.97 Å². The number of para-hydroxylation sites is 1. The van der Waals surface area contributed by atoms with Crippen LogP contribution in [0.1, 0.15) is 18.9 Å². The fourth-order valence-electron chi connectivity index (χ4n) is 2.91. The van der Waals surface area contributed by atoms with E-state index in [1.165, 1.54) is 0 Å². The molecule has 168 valence electrons. The van der Waals surface area contributed by atoms with Crippen LogP contribution in [-0.4, -0.2) is 29.5 Å². The van der Waals surface area contributed by atoms with E-state index < -0.39 is 5.97 Å². The van der Waals surface area contributed by atoms with Crippen LogP contribution in [0.15, 0.2) is 71.6 Å². The Labute approximate surface area is 197 Å². The number of hydrogen-bond acceptors (Lipinski definition) is 5. The van der Waals surface area contributed by atoms with Crippen LogP contribution in [0.25, 0.3) is 0 Å². The summed E-state index contributed by atoms with van der Waals surface area (Å²) in [6, 6.07) is 20.6. The minimum atomic E-state index is -0.991. The SMILES string of the molecule is Cc1cc(SCC[C@@H](C)Oc2ccc(Cl)cc2Oc2ccccc2)ccc1OCC(=O)O. The summed E-state index contributed by atoms with van der Waals surface area (Å²) in [6.45, 7) is 3.58. The average molecular weight is 473 g/mol. The number of benzene rings is 3. The van der Waals surface area contributed by atoms with Crippen LogP contribution in [0.4, 0.5) is 0 Å². The highest BCUT2D eigenvalue weighted by Crippen LogP contribution is 2.35. The van der Waals surface area contributed by atoms with Gasteiger partial charge in [-0.3, -0.25) is 0 Å². The van der Waals surface area contributed by atoms with E-state index in [0.29, 0.717) is 28.0 Å². The quantitative estimate of drug-likeness (QED) is 0.308. The van der Waals surface area contributed by atoms with Gasteiger partial charge in [-0.1, -0.05) is 29.8 Å². The Morgan fingerprint density at radius 3 is 2.50 bits per heavy atom. The Kier molecular flexibility index (Phi) is 8.71. The molecular formula is C25H25ClO5S. The lowest BCUT2D eigenvalue weighted by Gasteiger charge is -2.18. The van der Waals surface area contributed by atoms with Gasteiger partial charge in [-0.2, -0.15) is 0 Å². The fourth-order valence-corrected chi connectivity index (χ4v) is 4.18. The molecule has 0 aliphatic carbocycles. The van der Waals surface area contributed by atoms with Crippen LogP contribution in [0.5, 0.6) is 23.0 Å². The Balaban J connectivity index is 1.53. The zero-order valence-electron chi connectivity index (χ0n) is 17.9. The third-order valence-corrected chi connectivity index (χ3v) is 5.76. The Bertz CT molecular complexity index is 1040. The van der Waals surface area contributed by atoms with Gasteiger partial charge in [-0.05, 0) is 68.3 Å². The summed E-state index contributed by atoms with van der Waals surface area (Å²) in [5, 5.41) is 9.32. The molecule has 0 saturated heterocycles.